The number of phosphoric ester groups is 2. The molecule has 0 amide bonds. The van der Waals surface area contributed by atoms with Gasteiger partial charge >= 0.3 is 39.5 Å². The Bertz CT molecular complexity index is 1810. The fourth-order valence-electron chi connectivity index (χ4n) is 9.58. The average molecular weight is 1280 g/mol. The van der Waals surface area contributed by atoms with Gasteiger partial charge in [-0.05, 0) is 69.1 Å². The molecule has 0 aliphatic heterocycles. The van der Waals surface area contributed by atoms with E-state index in [4.69, 9.17) is 37.0 Å². The maximum atomic E-state index is 13.0. The molecular formula is C68H128O17P2. The van der Waals surface area contributed by atoms with E-state index in [0.717, 1.165) is 127 Å². The molecule has 0 aromatic carbocycles. The molecule has 0 saturated carbocycles. The topological polar surface area (TPSA) is 237 Å². The summed E-state index contributed by atoms with van der Waals surface area (Å²) in [6, 6.07) is 0. The molecule has 0 fully saturated rings. The fraction of sp³-hybridized carbons (Fsp3) is 0.882. The van der Waals surface area contributed by atoms with Gasteiger partial charge < -0.3 is 33.8 Å². The number of phosphoric acid groups is 2. The first-order valence-electron chi connectivity index (χ1n) is 34.7. The van der Waals surface area contributed by atoms with Crippen LogP contribution >= 0.6 is 15.6 Å². The zero-order valence-corrected chi connectivity index (χ0v) is 57.7. The van der Waals surface area contributed by atoms with Crippen LogP contribution in [0.5, 0.6) is 0 Å². The Labute approximate surface area is 529 Å². The Morgan fingerprint density at radius 3 is 1.02 bits per heavy atom. The zero-order valence-electron chi connectivity index (χ0n) is 56.0. The number of rotatable bonds is 64. The van der Waals surface area contributed by atoms with Crippen molar-refractivity contribution in [2.24, 2.45) is 17.8 Å². The third-order valence-corrected chi connectivity index (χ3v) is 17.6. The number of aliphatic hydroxyl groups excluding tert-OH is 1. The van der Waals surface area contributed by atoms with Crippen molar-refractivity contribution in [3.05, 3.63) is 24.3 Å². The summed E-state index contributed by atoms with van der Waals surface area (Å²) in [7, 11) is -9.91. The molecule has 87 heavy (non-hydrogen) atoms. The standard InChI is InChI=1S/C68H128O17P2/c1-8-11-12-13-14-15-16-17-18-19-20-23-27-37-44-51-67(72)84-63(55-78-65(70)49-42-35-26-24-21-22-25-32-39-46-59(4)5)57-82-86(74,75)80-53-62(69)54-81-87(76,77)83-58-64(85-68(73)52-45-38-31-29-34-41-48-61(7)10-3)56-79-66(71)50-43-36-30-28-33-40-47-60(6)9-2/h15-18,59-64,69H,8-14,19-58H2,1-7H3,(H,74,75)(H,76,77)/b16-15-,18-17-/t60?,61?,62-,63-,64-/m1/s1. The van der Waals surface area contributed by atoms with E-state index in [1.807, 2.05) is 0 Å². The van der Waals surface area contributed by atoms with Crippen molar-refractivity contribution in [1.82, 2.24) is 0 Å². The van der Waals surface area contributed by atoms with Crippen LogP contribution in [0.25, 0.3) is 0 Å². The second-order valence-corrected chi connectivity index (χ2v) is 27.7. The molecule has 3 N–H and O–H groups in total. The highest BCUT2D eigenvalue weighted by Crippen LogP contribution is 2.45. The molecule has 0 aromatic rings. The van der Waals surface area contributed by atoms with Gasteiger partial charge in [-0.3, -0.25) is 37.3 Å². The molecule has 17 nitrogen and oxygen atoms in total. The summed E-state index contributed by atoms with van der Waals surface area (Å²) in [4.78, 5) is 72.4. The van der Waals surface area contributed by atoms with Crippen LogP contribution in [-0.2, 0) is 65.4 Å². The number of aliphatic hydroxyl groups is 1. The molecule has 4 unspecified atom stereocenters. The van der Waals surface area contributed by atoms with Crippen LogP contribution in [0.15, 0.2) is 24.3 Å². The van der Waals surface area contributed by atoms with Crippen molar-refractivity contribution in [2.45, 2.75) is 330 Å². The highest BCUT2D eigenvalue weighted by Gasteiger charge is 2.30. The van der Waals surface area contributed by atoms with Crippen LogP contribution in [-0.4, -0.2) is 96.7 Å². The molecule has 0 rings (SSSR count). The summed E-state index contributed by atoms with van der Waals surface area (Å²) in [5, 5.41) is 10.6. The van der Waals surface area contributed by atoms with E-state index in [-0.39, 0.29) is 25.7 Å². The Hall–Kier alpha value is -2.46. The van der Waals surface area contributed by atoms with Crippen LogP contribution < -0.4 is 0 Å². The normalized spacial score (nSPS) is 15.1. The minimum absolute atomic E-state index is 0.0839. The van der Waals surface area contributed by atoms with Gasteiger partial charge in [0, 0.05) is 25.7 Å². The first kappa shape index (κ1) is 84.5. The third-order valence-electron chi connectivity index (χ3n) is 15.7. The molecule has 0 aliphatic carbocycles. The van der Waals surface area contributed by atoms with Gasteiger partial charge in [-0.25, -0.2) is 9.13 Å². The molecule has 512 valence electrons. The van der Waals surface area contributed by atoms with Crippen molar-refractivity contribution < 1.29 is 80.2 Å². The first-order chi connectivity index (χ1) is 41.8. The van der Waals surface area contributed by atoms with E-state index in [9.17, 15) is 43.2 Å². The van der Waals surface area contributed by atoms with Crippen LogP contribution in [0.2, 0.25) is 0 Å². The Balaban J connectivity index is 5.30. The van der Waals surface area contributed by atoms with Crippen molar-refractivity contribution >= 4 is 39.5 Å². The molecule has 7 atom stereocenters. The summed E-state index contributed by atoms with van der Waals surface area (Å²) in [5.41, 5.74) is 0. The molecule has 0 radical (unpaired) electrons. The molecular weight excluding hydrogens is 1150 g/mol. The lowest BCUT2D eigenvalue weighted by Crippen LogP contribution is -2.30. The molecule has 19 heteroatoms. The number of ether oxygens (including phenoxy) is 4. The van der Waals surface area contributed by atoms with E-state index < -0.39 is 97.5 Å². The van der Waals surface area contributed by atoms with Gasteiger partial charge in [0.2, 0.25) is 0 Å². The number of hydrogen-bond donors (Lipinski definition) is 3. The number of hydrogen-bond acceptors (Lipinski definition) is 15. The minimum atomic E-state index is -4.96. The van der Waals surface area contributed by atoms with E-state index in [2.05, 4.69) is 72.8 Å². The molecule has 0 saturated heterocycles. The fourth-order valence-corrected chi connectivity index (χ4v) is 11.2. The summed E-state index contributed by atoms with van der Waals surface area (Å²) in [5.74, 6) is 0.0240. The molecule has 0 spiro atoms. The number of allylic oxidation sites excluding steroid dienone is 4. The summed E-state index contributed by atoms with van der Waals surface area (Å²) >= 11 is 0. The maximum absolute atomic E-state index is 13.0. The van der Waals surface area contributed by atoms with Crippen LogP contribution in [0.1, 0.15) is 312 Å². The lowest BCUT2D eigenvalue weighted by atomic mass is 10.00. The number of carbonyl (C=O) groups excluding carboxylic acids is 4. The number of unbranched alkanes of at least 4 members (excludes halogenated alkanes) is 27. The highest BCUT2D eigenvalue weighted by molar-refractivity contribution is 7.47. The van der Waals surface area contributed by atoms with Gasteiger partial charge in [-0.15, -0.1) is 0 Å². The van der Waals surface area contributed by atoms with Gasteiger partial charge in [0.25, 0.3) is 0 Å². The van der Waals surface area contributed by atoms with Crippen molar-refractivity contribution in [2.75, 3.05) is 39.6 Å². The minimum Gasteiger partial charge on any atom is -0.462 e. The first-order valence-corrected chi connectivity index (χ1v) is 37.7. The highest BCUT2D eigenvalue weighted by atomic mass is 31.2. The van der Waals surface area contributed by atoms with E-state index in [1.165, 1.54) is 103 Å². The zero-order chi connectivity index (χ0) is 64.5. The Morgan fingerprint density at radius 1 is 0.379 bits per heavy atom. The third kappa shape index (κ3) is 59.6. The Kier molecular flexibility index (Phi) is 57.0. The quantitative estimate of drug-likeness (QED) is 0.0169. The summed E-state index contributed by atoms with van der Waals surface area (Å²) in [6.45, 7) is 11.6. The van der Waals surface area contributed by atoms with Crippen molar-refractivity contribution in [3.8, 4) is 0 Å². The van der Waals surface area contributed by atoms with Crippen molar-refractivity contribution in [3.63, 3.8) is 0 Å². The van der Waals surface area contributed by atoms with Gasteiger partial charge in [-0.2, -0.15) is 0 Å². The van der Waals surface area contributed by atoms with Crippen LogP contribution in [0, 0.1) is 17.8 Å². The molecule has 0 heterocycles. The molecule has 0 aromatic heterocycles. The lowest BCUT2D eigenvalue weighted by Gasteiger charge is -2.21. The van der Waals surface area contributed by atoms with Crippen molar-refractivity contribution in [1.29, 1.82) is 0 Å². The maximum Gasteiger partial charge on any atom is 0.472 e. The van der Waals surface area contributed by atoms with Gasteiger partial charge in [0.1, 0.15) is 19.3 Å². The predicted octanol–water partition coefficient (Wildman–Crippen LogP) is 18.6. The summed E-state index contributed by atoms with van der Waals surface area (Å²) < 4.78 is 68.1. The SMILES string of the molecule is CCCCCC/C=C\C=C/CCCCCCCC(=O)O[C@H](COC(=O)CCCCCCCCCCCC(C)C)COP(=O)(O)OC[C@@H](O)COP(=O)(O)OC[C@@H](COC(=O)CCCCCCCCC(C)CC)OC(=O)CCCCCCCCC(C)CC. The predicted molar refractivity (Wildman–Crippen MR) is 349 cm³/mol. The summed E-state index contributed by atoms with van der Waals surface area (Å²) in [6.07, 6.45) is 44.0. The smallest absolute Gasteiger partial charge is 0.462 e. The number of carbonyl (C=O) groups is 4. The second kappa shape index (κ2) is 58.6. The number of esters is 4. The van der Waals surface area contributed by atoms with E-state index in [0.29, 0.717) is 25.7 Å². The van der Waals surface area contributed by atoms with E-state index in [1.54, 1.807) is 0 Å². The average Bonchev–Trinajstić information content (AvgIpc) is 3.70. The van der Waals surface area contributed by atoms with Crippen LogP contribution in [0.3, 0.4) is 0 Å². The van der Waals surface area contributed by atoms with Gasteiger partial charge in [0.15, 0.2) is 12.2 Å². The van der Waals surface area contributed by atoms with E-state index >= 15 is 0 Å². The second-order valence-electron chi connectivity index (χ2n) is 24.8. The molecule has 0 aliphatic rings. The lowest BCUT2D eigenvalue weighted by molar-refractivity contribution is -0.161. The van der Waals surface area contributed by atoms with Gasteiger partial charge in [-0.1, -0.05) is 259 Å². The monoisotopic (exact) mass is 1280 g/mol. The Morgan fingerprint density at radius 2 is 0.678 bits per heavy atom. The molecule has 0 bridgehead atoms. The van der Waals surface area contributed by atoms with Gasteiger partial charge in [0.05, 0.1) is 26.4 Å². The van der Waals surface area contributed by atoms with Crippen LogP contribution in [0.4, 0.5) is 0 Å². The largest absolute Gasteiger partial charge is 0.472 e.